The molecule has 86 valence electrons. The number of nitrogens with zero attached hydrogens (tertiary/aromatic N) is 2. The van der Waals surface area contributed by atoms with Crippen LogP contribution in [0.4, 0.5) is 0 Å². The number of hydrogen-bond acceptors (Lipinski definition) is 3. The molecular formula is C10H13N3O2S. The van der Waals surface area contributed by atoms with Gasteiger partial charge in [-0.25, -0.2) is 13.6 Å². The lowest BCUT2D eigenvalue weighted by atomic mass is 10.2. The normalized spacial score (nSPS) is 12.5. The maximum atomic E-state index is 11.2. The van der Waals surface area contributed by atoms with Crippen LogP contribution in [0, 0.1) is 0 Å². The first-order chi connectivity index (χ1) is 7.39. The summed E-state index contributed by atoms with van der Waals surface area (Å²) < 4.78 is 24.2. The molecule has 0 amide bonds. The summed E-state index contributed by atoms with van der Waals surface area (Å²) in [6.45, 7) is 4.03. The van der Waals surface area contributed by atoms with Crippen LogP contribution in [0.25, 0.3) is 10.9 Å². The number of sulfonamides is 1. The minimum atomic E-state index is -3.64. The van der Waals surface area contributed by atoms with Gasteiger partial charge < -0.3 is 0 Å². The van der Waals surface area contributed by atoms with Crippen molar-refractivity contribution in [2.45, 2.75) is 24.8 Å². The first-order valence-electron chi connectivity index (χ1n) is 4.89. The minimum absolute atomic E-state index is 0.114. The number of fused-ring (bicyclic) bond motifs is 1. The summed E-state index contributed by atoms with van der Waals surface area (Å²) in [5.74, 6) is 0. The predicted molar refractivity (Wildman–Crippen MR) is 61.5 cm³/mol. The molecule has 0 radical (unpaired) electrons. The largest absolute Gasteiger partial charge is 0.262 e. The van der Waals surface area contributed by atoms with Gasteiger partial charge in [-0.05, 0) is 32.0 Å². The lowest BCUT2D eigenvalue weighted by Gasteiger charge is -2.06. The average molecular weight is 239 g/mol. The predicted octanol–water partition coefficient (Wildman–Crippen LogP) is 1.26. The number of rotatable bonds is 2. The van der Waals surface area contributed by atoms with Crippen molar-refractivity contribution in [3.63, 3.8) is 0 Å². The zero-order chi connectivity index (χ0) is 11.9. The monoisotopic (exact) mass is 239 g/mol. The van der Waals surface area contributed by atoms with Gasteiger partial charge in [-0.15, -0.1) is 0 Å². The van der Waals surface area contributed by atoms with E-state index in [4.69, 9.17) is 5.14 Å². The van der Waals surface area contributed by atoms with Crippen LogP contribution in [-0.4, -0.2) is 18.2 Å². The second kappa shape index (κ2) is 3.57. The van der Waals surface area contributed by atoms with E-state index in [2.05, 4.69) is 5.10 Å². The number of hydrogen-bond donors (Lipinski definition) is 1. The van der Waals surface area contributed by atoms with Crippen LogP contribution >= 0.6 is 0 Å². The van der Waals surface area contributed by atoms with Crippen molar-refractivity contribution in [1.82, 2.24) is 9.78 Å². The molecule has 0 bridgehead atoms. The number of aromatic nitrogens is 2. The first kappa shape index (κ1) is 11.1. The van der Waals surface area contributed by atoms with E-state index in [0.717, 1.165) is 10.9 Å². The van der Waals surface area contributed by atoms with Crippen LogP contribution in [0.1, 0.15) is 19.9 Å². The third-order valence-corrected chi connectivity index (χ3v) is 3.30. The van der Waals surface area contributed by atoms with E-state index in [1.807, 2.05) is 18.5 Å². The Labute approximate surface area is 93.9 Å². The molecule has 16 heavy (non-hydrogen) atoms. The summed E-state index contributed by atoms with van der Waals surface area (Å²) in [4.78, 5) is 0.114. The van der Waals surface area contributed by atoms with Crippen LogP contribution < -0.4 is 5.14 Å². The van der Waals surface area contributed by atoms with Gasteiger partial charge in [0.25, 0.3) is 0 Å². The Morgan fingerprint density at radius 1 is 1.38 bits per heavy atom. The second-order valence-corrected chi connectivity index (χ2v) is 5.51. The molecule has 0 atom stereocenters. The van der Waals surface area contributed by atoms with Crippen molar-refractivity contribution in [1.29, 1.82) is 0 Å². The molecule has 1 aromatic carbocycles. The molecule has 2 N–H and O–H groups in total. The summed E-state index contributed by atoms with van der Waals surface area (Å²) in [6.07, 6.45) is 1.64. The summed E-state index contributed by atoms with van der Waals surface area (Å²) in [5.41, 5.74) is 0.905. The topological polar surface area (TPSA) is 78.0 Å². The van der Waals surface area contributed by atoms with Crippen LogP contribution in [0.15, 0.2) is 29.3 Å². The molecule has 0 spiro atoms. The van der Waals surface area contributed by atoms with Crippen LogP contribution in [-0.2, 0) is 10.0 Å². The van der Waals surface area contributed by atoms with E-state index in [1.165, 1.54) is 12.1 Å². The molecule has 1 heterocycles. The van der Waals surface area contributed by atoms with Crippen molar-refractivity contribution in [2.75, 3.05) is 0 Å². The quantitative estimate of drug-likeness (QED) is 0.857. The molecule has 6 heteroatoms. The van der Waals surface area contributed by atoms with E-state index in [0.29, 0.717) is 0 Å². The maximum absolute atomic E-state index is 11.2. The second-order valence-electron chi connectivity index (χ2n) is 3.95. The summed E-state index contributed by atoms with van der Waals surface area (Å²) in [7, 11) is -3.64. The van der Waals surface area contributed by atoms with Crippen LogP contribution in [0.5, 0.6) is 0 Å². The Kier molecular flexibility index (Phi) is 2.47. The number of primary sulfonamides is 1. The molecule has 0 fully saturated rings. The lowest BCUT2D eigenvalue weighted by Crippen LogP contribution is -2.11. The SMILES string of the molecule is CC(C)n1ncc2cc(S(N)(=O)=O)ccc21. The van der Waals surface area contributed by atoms with Crippen molar-refractivity contribution < 1.29 is 8.42 Å². The van der Waals surface area contributed by atoms with E-state index >= 15 is 0 Å². The summed E-state index contributed by atoms with van der Waals surface area (Å²) in [6, 6.07) is 4.99. The molecule has 5 nitrogen and oxygen atoms in total. The van der Waals surface area contributed by atoms with E-state index in [-0.39, 0.29) is 10.9 Å². The van der Waals surface area contributed by atoms with Gasteiger partial charge >= 0.3 is 0 Å². The molecule has 2 rings (SSSR count). The van der Waals surface area contributed by atoms with Gasteiger partial charge in [0.2, 0.25) is 10.0 Å². The molecule has 0 saturated carbocycles. The van der Waals surface area contributed by atoms with Gasteiger partial charge in [0.05, 0.1) is 16.6 Å². The third kappa shape index (κ3) is 1.81. The van der Waals surface area contributed by atoms with Crippen LogP contribution in [0.2, 0.25) is 0 Å². The molecular weight excluding hydrogens is 226 g/mol. The van der Waals surface area contributed by atoms with Gasteiger partial charge in [-0.1, -0.05) is 0 Å². The van der Waals surface area contributed by atoms with Gasteiger partial charge in [-0.3, -0.25) is 4.68 Å². The molecule has 0 aliphatic carbocycles. The van der Waals surface area contributed by atoms with Crippen LogP contribution in [0.3, 0.4) is 0 Å². The fourth-order valence-electron chi connectivity index (χ4n) is 1.62. The Bertz CT molecular complexity index is 629. The Morgan fingerprint density at radius 2 is 2.06 bits per heavy atom. The fourth-order valence-corrected chi connectivity index (χ4v) is 2.17. The van der Waals surface area contributed by atoms with Crippen molar-refractivity contribution in [3.8, 4) is 0 Å². The van der Waals surface area contributed by atoms with Crippen molar-refractivity contribution in [2.24, 2.45) is 5.14 Å². The Morgan fingerprint density at radius 3 is 2.62 bits per heavy atom. The third-order valence-electron chi connectivity index (χ3n) is 2.38. The summed E-state index contributed by atoms with van der Waals surface area (Å²) >= 11 is 0. The Balaban J connectivity index is 2.67. The molecule has 0 saturated heterocycles. The zero-order valence-corrected chi connectivity index (χ0v) is 9.90. The van der Waals surface area contributed by atoms with E-state index in [9.17, 15) is 8.42 Å². The van der Waals surface area contributed by atoms with Gasteiger partial charge in [0, 0.05) is 11.4 Å². The van der Waals surface area contributed by atoms with E-state index in [1.54, 1.807) is 12.3 Å². The molecule has 0 unspecified atom stereocenters. The highest BCUT2D eigenvalue weighted by molar-refractivity contribution is 7.89. The minimum Gasteiger partial charge on any atom is -0.262 e. The highest BCUT2D eigenvalue weighted by Crippen LogP contribution is 2.20. The average Bonchev–Trinajstić information content (AvgIpc) is 2.58. The van der Waals surface area contributed by atoms with E-state index < -0.39 is 10.0 Å². The zero-order valence-electron chi connectivity index (χ0n) is 9.08. The van der Waals surface area contributed by atoms with Gasteiger partial charge in [0.15, 0.2) is 0 Å². The van der Waals surface area contributed by atoms with Gasteiger partial charge in [-0.2, -0.15) is 5.10 Å². The first-order valence-corrected chi connectivity index (χ1v) is 6.44. The molecule has 0 aliphatic rings. The molecule has 0 aliphatic heterocycles. The summed E-state index contributed by atoms with van der Waals surface area (Å²) in [5, 5.41) is 10.0. The highest BCUT2D eigenvalue weighted by Gasteiger charge is 2.11. The Hall–Kier alpha value is -1.40. The maximum Gasteiger partial charge on any atom is 0.238 e. The van der Waals surface area contributed by atoms with Crippen molar-refractivity contribution >= 4 is 20.9 Å². The van der Waals surface area contributed by atoms with Crippen molar-refractivity contribution in [3.05, 3.63) is 24.4 Å². The number of benzene rings is 1. The smallest absolute Gasteiger partial charge is 0.238 e. The molecule has 1 aromatic heterocycles. The fraction of sp³-hybridized carbons (Fsp3) is 0.300. The number of nitrogens with two attached hydrogens (primary N) is 1. The lowest BCUT2D eigenvalue weighted by molar-refractivity contribution is 0.551. The standard InChI is InChI=1S/C10H13N3O2S/c1-7(2)13-10-4-3-9(16(11,14)15)5-8(10)6-12-13/h3-7H,1-2H3,(H2,11,14,15). The van der Waals surface area contributed by atoms with Gasteiger partial charge in [0.1, 0.15) is 0 Å². The highest BCUT2D eigenvalue weighted by atomic mass is 32.2. The molecule has 2 aromatic rings.